The minimum Gasteiger partial charge on any atom is -0.476 e. The maximum Gasteiger partial charge on any atom is 0.356 e. The molecule has 0 atom stereocenters. The van der Waals surface area contributed by atoms with Gasteiger partial charge in [0.15, 0.2) is 5.69 Å². The van der Waals surface area contributed by atoms with Gasteiger partial charge < -0.3 is 10.4 Å². The second-order valence-corrected chi connectivity index (χ2v) is 4.54. The van der Waals surface area contributed by atoms with Gasteiger partial charge in [-0.05, 0) is 30.7 Å². The molecule has 0 fully saturated rings. The Balaban J connectivity index is 2.18. The number of carboxylic acid groups (broad SMARTS) is 1. The molecule has 92 valence electrons. The molecule has 0 saturated carbocycles. The molecule has 6 heteroatoms. The molecule has 18 heavy (non-hydrogen) atoms. The van der Waals surface area contributed by atoms with E-state index < -0.39 is 5.97 Å². The van der Waals surface area contributed by atoms with E-state index in [1.807, 2.05) is 25.1 Å². The number of hydrogen-bond acceptors (Lipinski definition) is 4. The molecule has 2 rings (SSSR count). The van der Waals surface area contributed by atoms with Gasteiger partial charge in [0.05, 0.1) is 12.4 Å². The van der Waals surface area contributed by atoms with Gasteiger partial charge in [-0.15, -0.1) is 0 Å². The summed E-state index contributed by atoms with van der Waals surface area (Å²) in [6, 6.07) is 5.78. The van der Waals surface area contributed by atoms with Gasteiger partial charge in [-0.2, -0.15) is 0 Å². The zero-order valence-electron chi connectivity index (χ0n) is 9.51. The number of nitrogens with zero attached hydrogens (tertiary/aromatic N) is 2. The van der Waals surface area contributed by atoms with E-state index in [9.17, 15) is 4.79 Å². The zero-order valence-corrected chi connectivity index (χ0v) is 11.1. The molecule has 0 unspecified atom stereocenters. The summed E-state index contributed by atoms with van der Waals surface area (Å²) >= 11 is 3.42. The Morgan fingerprint density at radius 1 is 1.33 bits per heavy atom. The standard InChI is InChI=1S/C12H10BrN3O2/c1-7-4-8(2-3-9(7)13)16-11-6-14-10(5-15-11)12(17)18/h2-6H,1H3,(H,15,16)(H,17,18). The van der Waals surface area contributed by atoms with E-state index in [4.69, 9.17) is 5.11 Å². The summed E-state index contributed by atoms with van der Waals surface area (Å²) in [4.78, 5) is 18.4. The first kappa shape index (κ1) is 12.5. The highest BCUT2D eigenvalue weighted by Crippen LogP contribution is 2.21. The second kappa shape index (κ2) is 5.14. The monoisotopic (exact) mass is 307 g/mol. The van der Waals surface area contributed by atoms with Crippen LogP contribution in [0.4, 0.5) is 11.5 Å². The van der Waals surface area contributed by atoms with Crippen molar-refractivity contribution >= 4 is 33.4 Å². The number of hydrogen-bond donors (Lipinski definition) is 2. The Bertz CT molecular complexity index is 584. The Morgan fingerprint density at radius 3 is 2.67 bits per heavy atom. The molecule has 0 aliphatic carbocycles. The summed E-state index contributed by atoms with van der Waals surface area (Å²) < 4.78 is 1.03. The van der Waals surface area contributed by atoms with E-state index in [0.717, 1.165) is 15.7 Å². The Kier molecular flexibility index (Phi) is 3.57. The number of aromatic nitrogens is 2. The maximum absolute atomic E-state index is 10.6. The third kappa shape index (κ3) is 2.84. The van der Waals surface area contributed by atoms with Crippen LogP contribution in [0.15, 0.2) is 35.1 Å². The van der Waals surface area contributed by atoms with Crippen LogP contribution in [0.25, 0.3) is 0 Å². The highest BCUT2D eigenvalue weighted by molar-refractivity contribution is 9.10. The van der Waals surface area contributed by atoms with Crippen LogP contribution in [-0.4, -0.2) is 21.0 Å². The third-order valence-electron chi connectivity index (χ3n) is 2.30. The quantitative estimate of drug-likeness (QED) is 0.911. The first-order valence-electron chi connectivity index (χ1n) is 5.15. The second-order valence-electron chi connectivity index (χ2n) is 3.68. The first-order valence-corrected chi connectivity index (χ1v) is 5.94. The molecule has 0 amide bonds. The summed E-state index contributed by atoms with van der Waals surface area (Å²) in [7, 11) is 0. The van der Waals surface area contributed by atoms with E-state index in [1.165, 1.54) is 12.4 Å². The number of anilines is 2. The lowest BCUT2D eigenvalue weighted by Crippen LogP contribution is -2.02. The predicted octanol–water partition coefficient (Wildman–Crippen LogP) is 2.99. The van der Waals surface area contributed by atoms with Gasteiger partial charge in [0.2, 0.25) is 0 Å². The zero-order chi connectivity index (χ0) is 13.1. The number of aromatic carboxylic acids is 1. The van der Waals surface area contributed by atoms with Crippen molar-refractivity contribution in [3.63, 3.8) is 0 Å². The molecule has 2 aromatic rings. The molecule has 0 radical (unpaired) electrons. The molecule has 2 N–H and O–H groups in total. The topological polar surface area (TPSA) is 75.1 Å². The average molecular weight is 308 g/mol. The van der Waals surface area contributed by atoms with Crippen LogP contribution in [0, 0.1) is 6.92 Å². The van der Waals surface area contributed by atoms with E-state index in [2.05, 4.69) is 31.2 Å². The Morgan fingerprint density at radius 2 is 2.11 bits per heavy atom. The molecular weight excluding hydrogens is 298 g/mol. The van der Waals surface area contributed by atoms with Gasteiger partial charge in [0, 0.05) is 10.2 Å². The van der Waals surface area contributed by atoms with Gasteiger partial charge in [0.1, 0.15) is 5.82 Å². The maximum atomic E-state index is 10.6. The fraction of sp³-hybridized carbons (Fsp3) is 0.0833. The molecule has 0 aliphatic heterocycles. The number of rotatable bonds is 3. The Labute approximate surface area is 112 Å². The summed E-state index contributed by atoms with van der Waals surface area (Å²) in [5.41, 5.74) is 1.88. The molecule has 1 heterocycles. The van der Waals surface area contributed by atoms with Crippen LogP contribution in [0.5, 0.6) is 0 Å². The van der Waals surface area contributed by atoms with Crippen molar-refractivity contribution in [3.05, 3.63) is 46.3 Å². The normalized spacial score (nSPS) is 10.1. The van der Waals surface area contributed by atoms with Crippen LogP contribution in [0.2, 0.25) is 0 Å². The van der Waals surface area contributed by atoms with Crippen molar-refractivity contribution in [2.75, 3.05) is 5.32 Å². The van der Waals surface area contributed by atoms with E-state index in [1.54, 1.807) is 0 Å². The van der Waals surface area contributed by atoms with Crippen molar-refractivity contribution in [1.29, 1.82) is 0 Å². The highest BCUT2D eigenvalue weighted by Gasteiger charge is 2.05. The fourth-order valence-corrected chi connectivity index (χ4v) is 1.62. The highest BCUT2D eigenvalue weighted by atomic mass is 79.9. The number of carbonyl (C=O) groups is 1. The lowest BCUT2D eigenvalue weighted by molar-refractivity contribution is 0.0690. The third-order valence-corrected chi connectivity index (χ3v) is 3.19. The first-order chi connectivity index (χ1) is 8.56. The van der Waals surface area contributed by atoms with Crippen molar-refractivity contribution in [1.82, 2.24) is 9.97 Å². The van der Waals surface area contributed by atoms with Gasteiger partial charge >= 0.3 is 5.97 Å². The van der Waals surface area contributed by atoms with Gasteiger partial charge in [-0.25, -0.2) is 14.8 Å². The van der Waals surface area contributed by atoms with Crippen LogP contribution in [-0.2, 0) is 0 Å². The van der Waals surface area contributed by atoms with E-state index in [0.29, 0.717) is 5.82 Å². The summed E-state index contributed by atoms with van der Waals surface area (Å²) in [6.45, 7) is 1.98. The van der Waals surface area contributed by atoms with Crippen molar-refractivity contribution in [2.24, 2.45) is 0 Å². The van der Waals surface area contributed by atoms with Crippen LogP contribution >= 0.6 is 15.9 Å². The predicted molar refractivity (Wildman–Crippen MR) is 71.2 cm³/mol. The van der Waals surface area contributed by atoms with Crippen LogP contribution in [0.3, 0.4) is 0 Å². The molecular formula is C12H10BrN3O2. The SMILES string of the molecule is Cc1cc(Nc2cnc(C(=O)O)cn2)ccc1Br. The average Bonchev–Trinajstić information content (AvgIpc) is 2.34. The lowest BCUT2D eigenvalue weighted by Gasteiger charge is -2.07. The number of aryl methyl sites for hydroxylation is 1. The van der Waals surface area contributed by atoms with Crippen LogP contribution in [0.1, 0.15) is 16.1 Å². The van der Waals surface area contributed by atoms with E-state index >= 15 is 0 Å². The fourth-order valence-electron chi connectivity index (χ4n) is 1.37. The van der Waals surface area contributed by atoms with Crippen LogP contribution < -0.4 is 5.32 Å². The van der Waals surface area contributed by atoms with Crippen molar-refractivity contribution in [2.45, 2.75) is 6.92 Å². The molecule has 1 aromatic heterocycles. The van der Waals surface area contributed by atoms with Crippen molar-refractivity contribution < 1.29 is 9.90 Å². The largest absolute Gasteiger partial charge is 0.476 e. The summed E-state index contributed by atoms with van der Waals surface area (Å²) in [5.74, 6) is -0.588. The minimum atomic E-state index is -1.09. The van der Waals surface area contributed by atoms with Gasteiger partial charge in [-0.1, -0.05) is 15.9 Å². The molecule has 0 saturated heterocycles. The van der Waals surface area contributed by atoms with Crippen molar-refractivity contribution in [3.8, 4) is 0 Å². The summed E-state index contributed by atoms with van der Waals surface area (Å²) in [5, 5.41) is 11.8. The minimum absolute atomic E-state index is 0.0764. The molecule has 0 spiro atoms. The van der Waals surface area contributed by atoms with Gasteiger partial charge in [-0.3, -0.25) is 0 Å². The molecule has 5 nitrogen and oxygen atoms in total. The summed E-state index contributed by atoms with van der Waals surface area (Å²) in [6.07, 6.45) is 2.61. The number of nitrogens with one attached hydrogen (secondary N) is 1. The Hall–Kier alpha value is -1.95. The number of halogens is 1. The van der Waals surface area contributed by atoms with Gasteiger partial charge in [0.25, 0.3) is 0 Å². The molecule has 0 aliphatic rings. The number of carboxylic acids is 1. The molecule has 1 aromatic carbocycles. The van der Waals surface area contributed by atoms with E-state index in [-0.39, 0.29) is 5.69 Å². The molecule has 0 bridgehead atoms. The lowest BCUT2D eigenvalue weighted by atomic mass is 10.2. The smallest absolute Gasteiger partial charge is 0.356 e. The number of benzene rings is 1.